The van der Waals surface area contributed by atoms with Crippen LogP contribution in [0.2, 0.25) is 0 Å². The van der Waals surface area contributed by atoms with Gasteiger partial charge in [0.15, 0.2) is 52.0 Å². The van der Waals surface area contributed by atoms with E-state index in [0.717, 1.165) is 14.6 Å². The van der Waals surface area contributed by atoms with Crippen LogP contribution in [0.25, 0.3) is 54.4 Å². The SMILES string of the molecule is COCCOCCOCCOCCOc1ccc(C2(c3ccc(OCCOCCOCCOCCOC)cc3)Oc3cc(C)sc3-c3sc(-c4c5ncc(C=C6C(=O)c7cc(F)c(F)cc7C6=O)nc5c(C)c5ncc(C=C6C(=O)c7cc(F)c(F)cc7C6=O)nc45)cc32)cc1. The number of allylic oxidation sites excluding steroid dienone is 2. The zero-order valence-corrected chi connectivity index (χ0v) is 54.1. The van der Waals surface area contributed by atoms with Crippen molar-refractivity contribution in [2.45, 2.75) is 19.4 Å². The van der Waals surface area contributed by atoms with E-state index in [0.29, 0.717) is 172 Å². The van der Waals surface area contributed by atoms with Crippen LogP contribution >= 0.6 is 22.7 Å². The summed E-state index contributed by atoms with van der Waals surface area (Å²) in [5.74, 6) is -6.73. The van der Waals surface area contributed by atoms with Crippen molar-refractivity contribution >= 4 is 80.0 Å². The van der Waals surface area contributed by atoms with Gasteiger partial charge in [-0.25, -0.2) is 27.5 Å². The first kappa shape index (κ1) is 67.1. The summed E-state index contributed by atoms with van der Waals surface area (Å²) in [7, 11) is 3.23. The third-order valence-corrected chi connectivity index (χ3v) is 18.3. The number of carbonyl (C=O) groups is 4. The lowest BCUT2D eigenvalue weighted by molar-refractivity contribution is 0.000159. The Balaban J connectivity index is 0.930. The maximum atomic E-state index is 14.5. The summed E-state index contributed by atoms with van der Waals surface area (Å²) in [4.78, 5) is 78.0. The predicted octanol–water partition coefficient (Wildman–Crippen LogP) is 12.0. The number of aryl methyl sites for hydroxylation is 2. The van der Waals surface area contributed by atoms with Gasteiger partial charge in [0, 0.05) is 74.0 Å². The van der Waals surface area contributed by atoms with Gasteiger partial charge < -0.3 is 52.1 Å². The number of hydrogen-bond donors (Lipinski definition) is 0. The van der Waals surface area contributed by atoms with Crippen molar-refractivity contribution in [3.05, 3.63) is 193 Å². The number of benzene rings is 5. The van der Waals surface area contributed by atoms with Crippen LogP contribution in [0.5, 0.6) is 17.2 Å². The summed E-state index contributed by atoms with van der Waals surface area (Å²) in [5.41, 5.74) is 0.805. The van der Waals surface area contributed by atoms with Gasteiger partial charge >= 0.3 is 0 Å². The fourth-order valence-electron chi connectivity index (χ4n) is 11.3. The van der Waals surface area contributed by atoms with Crippen LogP contribution in [0.15, 0.2) is 108 Å². The van der Waals surface area contributed by atoms with E-state index < -0.39 is 52.0 Å². The molecule has 0 saturated carbocycles. The molecule has 5 aromatic carbocycles. The molecule has 4 aromatic heterocycles. The third kappa shape index (κ3) is 13.9. The lowest BCUT2D eigenvalue weighted by Crippen LogP contribution is -2.37. The molecule has 0 fully saturated rings. The first-order valence-electron chi connectivity index (χ1n) is 30.6. The van der Waals surface area contributed by atoms with Crippen molar-refractivity contribution in [3.8, 4) is 37.4 Å². The van der Waals surface area contributed by atoms with Gasteiger partial charge in [-0.15, -0.1) is 22.7 Å². The standard InChI is InChI=1S/C71H62F4N4O15S2/c1-39-29-58-70(95-39)69-53(71(94-58,41-5-9-45(10-6-41)92-27-25-90-23-21-88-19-17-86-15-13-84-3)42-7-11-46(12-8-42)93-28-26-91-24-22-89-20-18-87-16-14-85-4)36-59(96-69)60-63-62(78-43(38-77-63)30-51-65(80)47-32-54(72)55(73)33-48(47)66(51)81)40(2)61-64(60)79-44(37-76-61)31-52-67(82)49-34-56(74)57(75)35-50(49)68(52)83/h5-12,29-38H,13-28H2,1-4H3. The van der Waals surface area contributed by atoms with E-state index in [1.807, 2.05) is 67.6 Å². The monoisotopic (exact) mass is 1350 g/mol. The highest BCUT2D eigenvalue weighted by atomic mass is 32.1. The number of aromatic nitrogens is 4. The van der Waals surface area contributed by atoms with Gasteiger partial charge in [-0.05, 0) is 86.7 Å². The third-order valence-electron chi connectivity index (χ3n) is 15.9. The second-order valence-electron chi connectivity index (χ2n) is 22.1. The number of thiophene rings is 2. The number of halogens is 4. The summed E-state index contributed by atoms with van der Waals surface area (Å²) < 4.78 is 121. The molecule has 12 rings (SSSR count). The predicted molar refractivity (Wildman–Crippen MR) is 348 cm³/mol. The Morgan fingerprint density at radius 1 is 0.458 bits per heavy atom. The minimum Gasteiger partial charge on any atom is -0.491 e. The molecular weight excluding hydrogens is 1290 g/mol. The van der Waals surface area contributed by atoms with E-state index in [1.54, 1.807) is 21.1 Å². The van der Waals surface area contributed by atoms with Crippen molar-refractivity contribution in [2.24, 2.45) is 0 Å². The first-order valence-corrected chi connectivity index (χ1v) is 32.2. The van der Waals surface area contributed by atoms with Gasteiger partial charge in [0.05, 0.1) is 154 Å². The smallest absolute Gasteiger partial charge is 0.197 e. The largest absolute Gasteiger partial charge is 0.491 e. The zero-order valence-electron chi connectivity index (χ0n) is 52.4. The lowest BCUT2D eigenvalue weighted by Gasteiger charge is -2.39. The number of carbonyl (C=O) groups excluding carboxylic acids is 4. The highest BCUT2D eigenvalue weighted by Crippen LogP contribution is 2.59. The minimum atomic E-state index is -1.40. The summed E-state index contributed by atoms with van der Waals surface area (Å²) >= 11 is 2.94. The molecule has 0 bridgehead atoms. The maximum absolute atomic E-state index is 14.5. The molecule has 25 heteroatoms. The van der Waals surface area contributed by atoms with Crippen LogP contribution in [0.3, 0.4) is 0 Å². The quantitative estimate of drug-likeness (QED) is 0.0130. The Morgan fingerprint density at radius 3 is 1.28 bits per heavy atom. The number of Topliss-reactive ketones (excluding diaryl/α,β-unsaturated/α-hetero) is 4. The number of ether oxygens (including phenoxy) is 11. The van der Waals surface area contributed by atoms with E-state index in [2.05, 4.69) is 0 Å². The molecule has 0 atom stereocenters. The summed E-state index contributed by atoms with van der Waals surface area (Å²) in [5, 5.41) is 0. The molecule has 496 valence electrons. The summed E-state index contributed by atoms with van der Waals surface area (Å²) in [6, 6.07) is 21.9. The van der Waals surface area contributed by atoms with Gasteiger partial charge in [-0.3, -0.25) is 29.1 Å². The van der Waals surface area contributed by atoms with Crippen LogP contribution in [0.1, 0.15) is 80.0 Å². The Morgan fingerprint density at radius 2 is 0.854 bits per heavy atom. The highest BCUT2D eigenvalue weighted by molar-refractivity contribution is 7.24. The lowest BCUT2D eigenvalue weighted by atomic mass is 9.78. The van der Waals surface area contributed by atoms with Gasteiger partial charge in [0.1, 0.15) is 36.0 Å². The molecule has 2 aliphatic carbocycles. The van der Waals surface area contributed by atoms with E-state index >= 15 is 0 Å². The second kappa shape index (κ2) is 30.1. The number of methoxy groups -OCH3 is 2. The van der Waals surface area contributed by atoms with E-state index in [9.17, 15) is 36.7 Å². The first-order chi connectivity index (χ1) is 46.7. The average molecular weight is 1350 g/mol. The molecule has 0 saturated heterocycles. The summed E-state index contributed by atoms with van der Waals surface area (Å²) in [6.45, 7) is 10.0. The Bertz CT molecular complexity index is 4360. The number of rotatable bonds is 31. The molecule has 0 spiro atoms. The molecule has 3 aliphatic rings. The molecule has 0 radical (unpaired) electrons. The number of nitrogens with zero attached hydrogens (tertiary/aromatic N) is 4. The van der Waals surface area contributed by atoms with E-state index in [4.69, 9.17) is 72.0 Å². The van der Waals surface area contributed by atoms with Gasteiger partial charge in [-0.2, -0.15) is 0 Å². The molecule has 0 amide bonds. The number of ketones is 4. The molecule has 9 aromatic rings. The maximum Gasteiger partial charge on any atom is 0.197 e. The van der Waals surface area contributed by atoms with Crippen LogP contribution < -0.4 is 14.2 Å². The Kier molecular flexibility index (Phi) is 21.0. The normalized spacial score (nSPS) is 13.8. The molecule has 19 nitrogen and oxygen atoms in total. The van der Waals surface area contributed by atoms with Gasteiger partial charge in [0.2, 0.25) is 0 Å². The molecule has 5 heterocycles. The van der Waals surface area contributed by atoms with E-state index in [-0.39, 0.29) is 74.6 Å². The Labute approximate surface area is 555 Å². The number of hydrogen-bond acceptors (Lipinski definition) is 21. The zero-order chi connectivity index (χ0) is 67.0. The fraction of sp³-hybridized carbons (Fsp3) is 0.296. The number of fused-ring (bicyclic) bond motifs is 7. The minimum absolute atomic E-state index is 0.0417. The molecule has 0 N–H and O–H groups in total. The molecular formula is C71H62F4N4O15S2. The second-order valence-corrected chi connectivity index (χ2v) is 24.4. The highest BCUT2D eigenvalue weighted by Gasteiger charge is 2.47. The van der Waals surface area contributed by atoms with Crippen LogP contribution in [-0.2, 0) is 43.5 Å². The van der Waals surface area contributed by atoms with Gasteiger partial charge in [0.25, 0.3) is 0 Å². The fourth-order valence-corrected chi connectivity index (χ4v) is 13.7. The van der Waals surface area contributed by atoms with Crippen molar-refractivity contribution in [3.63, 3.8) is 0 Å². The van der Waals surface area contributed by atoms with Crippen LogP contribution in [0.4, 0.5) is 17.6 Å². The van der Waals surface area contributed by atoms with Crippen molar-refractivity contribution in [1.29, 1.82) is 0 Å². The molecule has 0 unspecified atom stereocenters. The molecule has 96 heavy (non-hydrogen) atoms. The summed E-state index contributed by atoms with van der Waals surface area (Å²) in [6.07, 6.45) is 5.14. The van der Waals surface area contributed by atoms with E-state index in [1.165, 1.54) is 47.2 Å². The van der Waals surface area contributed by atoms with Crippen LogP contribution in [0, 0.1) is 37.1 Å². The van der Waals surface area contributed by atoms with Crippen molar-refractivity contribution in [2.75, 3.05) is 120 Å². The van der Waals surface area contributed by atoms with Crippen molar-refractivity contribution in [1.82, 2.24) is 19.9 Å². The molecule has 1 aliphatic heterocycles. The van der Waals surface area contributed by atoms with Gasteiger partial charge in [-0.1, -0.05) is 24.3 Å². The van der Waals surface area contributed by atoms with Crippen LogP contribution in [-0.4, -0.2) is 163 Å². The topological polar surface area (TPSA) is 221 Å². The average Bonchev–Trinajstić information content (AvgIpc) is 1.47. The van der Waals surface area contributed by atoms with Crippen molar-refractivity contribution < 1.29 is 88.8 Å². The Hall–Kier alpha value is -8.86.